The Kier molecular flexibility index (Phi) is 6.09. The zero-order chi connectivity index (χ0) is 14.8. The summed E-state index contributed by atoms with van der Waals surface area (Å²) in [4.78, 5) is 11.2. The standard InChI is InChI=1S/C12H15FN2O4S.ClH/c1-19-12(16)11-9(13)3-2-4-10(11)20(17,18)15-8-5-6-14-7-8;/h2-4,8,14-15H,5-7H2,1H3;1H. The third-order valence-electron chi connectivity index (χ3n) is 3.04. The highest BCUT2D eigenvalue weighted by Crippen LogP contribution is 2.20. The number of halogens is 2. The highest BCUT2D eigenvalue weighted by Gasteiger charge is 2.29. The number of ether oxygens (including phenoxy) is 1. The fraction of sp³-hybridized carbons (Fsp3) is 0.417. The van der Waals surface area contributed by atoms with Gasteiger partial charge in [-0.3, -0.25) is 0 Å². The average Bonchev–Trinajstić information content (AvgIpc) is 2.89. The molecule has 1 fully saturated rings. The Hall–Kier alpha value is -1.22. The molecular formula is C12H16ClFN2O4S. The van der Waals surface area contributed by atoms with E-state index in [0.717, 1.165) is 13.2 Å². The minimum atomic E-state index is -3.98. The Labute approximate surface area is 128 Å². The number of carbonyl (C=O) groups is 1. The molecule has 2 N–H and O–H groups in total. The molecule has 0 saturated carbocycles. The van der Waals surface area contributed by atoms with Gasteiger partial charge in [-0.25, -0.2) is 22.3 Å². The Bertz CT molecular complexity index is 618. The summed E-state index contributed by atoms with van der Waals surface area (Å²) in [6.07, 6.45) is 0.641. The molecule has 1 unspecified atom stereocenters. The smallest absolute Gasteiger partial charge is 0.342 e. The van der Waals surface area contributed by atoms with Crippen LogP contribution in [-0.4, -0.2) is 40.6 Å². The van der Waals surface area contributed by atoms with Crippen LogP contribution in [0.5, 0.6) is 0 Å². The van der Waals surface area contributed by atoms with Gasteiger partial charge in [0.15, 0.2) is 0 Å². The topological polar surface area (TPSA) is 84.5 Å². The second kappa shape index (κ2) is 7.17. The summed E-state index contributed by atoms with van der Waals surface area (Å²) in [5, 5.41) is 3.01. The molecule has 6 nitrogen and oxygen atoms in total. The first-order chi connectivity index (χ1) is 9.45. The molecule has 21 heavy (non-hydrogen) atoms. The van der Waals surface area contributed by atoms with Gasteiger partial charge in [0.2, 0.25) is 10.0 Å². The van der Waals surface area contributed by atoms with E-state index >= 15 is 0 Å². The van der Waals surface area contributed by atoms with E-state index < -0.39 is 32.3 Å². The molecule has 118 valence electrons. The van der Waals surface area contributed by atoms with Gasteiger partial charge in [0.1, 0.15) is 11.4 Å². The van der Waals surface area contributed by atoms with Crippen molar-refractivity contribution in [2.45, 2.75) is 17.4 Å². The zero-order valence-corrected chi connectivity index (χ0v) is 12.9. The van der Waals surface area contributed by atoms with E-state index in [4.69, 9.17) is 0 Å². The van der Waals surface area contributed by atoms with Crippen molar-refractivity contribution < 1.29 is 22.3 Å². The van der Waals surface area contributed by atoms with Crippen molar-refractivity contribution in [3.63, 3.8) is 0 Å². The maximum atomic E-state index is 13.7. The van der Waals surface area contributed by atoms with Gasteiger partial charge >= 0.3 is 5.97 Å². The molecular weight excluding hydrogens is 323 g/mol. The van der Waals surface area contributed by atoms with Gasteiger partial charge < -0.3 is 10.1 Å². The molecule has 0 aromatic heterocycles. The molecule has 1 aromatic carbocycles. The van der Waals surface area contributed by atoms with Crippen molar-refractivity contribution in [3.8, 4) is 0 Å². The predicted octanol–water partition coefficient (Wildman–Crippen LogP) is 0.674. The summed E-state index contributed by atoms with van der Waals surface area (Å²) in [7, 11) is -2.91. The van der Waals surface area contributed by atoms with E-state index in [1.54, 1.807) is 0 Å². The molecule has 1 aromatic rings. The molecule has 0 aliphatic carbocycles. The van der Waals surface area contributed by atoms with Gasteiger partial charge in [-0.2, -0.15) is 0 Å². The first-order valence-electron chi connectivity index (χ1n) is 6.05. The molecule has 1 heterocycles. The second-order valence-corrected chi connectivity index (χ2v) is 6.10. The van der Waals surface area contributed by atoms with Gasteiger partial charge in [-0.05, 0) is 25.1 Å². The number of nitrogens with one attached hydrogen (secondary N) is 2. The van der Waals surface area contributed by atoms with Gasteiger partial charge in [-0.1, -0.05) is 6.07 Å². The van der Waals surface area contributed by atoms with Crippen LogP contribution < -0.4 is 10.0 Å². The van der Waals surface area contributed by atoms with Crippen molar-refractivity contribution in [1.82, 2.24) is 10.0 Å². The molecule has 2 rings (SSSR count). The minimum absolute atomic E-state index is 0. The van der Waals surface area contributed by atoms with Crippen molar-refractivity contribution in [2.75, 3.05) is 20.2 Å². The SMILES string of the molecule is COC(=O)c1c(F)cccc1S(=O)(=O)NC1CCNC1.Cl. The Morgan fingerprint density at radius 3 is 2.76 bits per heavy atom. The first-order valence-corrected chi connectivity index (χ1v) is 7.54. The van der Waals surface area contributed by atoms with Crippen molar-refractivity contribution in [1.29, 1.82) is 0 Å². The Morgan fingerprint density at radius 2 is 2.19 bits per heavy atom. The van der Waals surface area contributed by atoms with Crippen LogP contribution in [0.1, 0.15) is 16.8 Å². The second-order valence-electron chi connectivity index (χ2n) is 4.42. The van der Waals surface area contributed by atoms with E-state index in [0.29, 0.717) is 19.5 Å². The van der Waals surface area contributed by atoms with E-state index in [9.17, 15) is 17.6 Å². The Balaban J connectivity index is 0.00000220. The maximum Gasteiger partial charge on any atom is 0.342 e. The predicted molar refractivity (Wildman–Crippen MR) is 76.6 cm³/mol. The Morgan fingerprint density at radius 1 is 1.48 bits per heavy atom. The van der Waals surface area contributed by atoms with Crippen LogP contribution in [0.3, 0.4) is 0 Å². The molecule has 1 aliphatic rings. The van der Waals surface area contributed by atoms with Crippen LogP contribution in [0.15, 0.2) is 23.1 Å². The quantitative estimate of drug-likeness (QED) is 0.788. The monoisotopic (exact) mass is 338 g/mol. The molecule has 0 bridgehead atoms. The first kappa shape index (κ1) is 17.8. The largest absolute Gasteiger partial charge is 0.465 e. The highest BCUT2D eigenvalue weighted by atomic mass is 35.5. The zero-order valence-electron chi connectivity index (χ0n) is 11.3. The van der Waals surface area contributed by atoms with Gasteiger partial charge in [0, 0.05) is 12.6 Å². The highest BCUT2D eigenvalue weighted by molar-refractivity contribution is 7.89. The summed E-state index contributed by atoms with van der Waals surface area (Å²) in [5.74, 6) is -1.95. The minimum Gasteiger partial charge on any atom is -0.465 e. The van der Waals surface area contributed by atoms with Gasteiger partial charge in [-0.15, -0.1) is 12.4 Å². The number of sulfonamides is 1. The summed E-state index contributed by atoms with van der Waals surface area (Å²) >= 11 is 0. The summed E-state index contributed by atoms with van der Waals surface area (Å²) in [6, 6.07) is 3.17. The maximum absolute atomic E-state index is 13.7. The third-order valence-corrected chi connectivity index (χ3v) is 4.60. The van der Waals surface area contributed by atoms with Crippen molar-refractivity contribution in [2.24, 2.45) is 0 Å². The van der Waals surface area contributed by atoms with Crippen molar-refractivity contribution in [3.05, 3.63) is 29.6 Å². The lowest BCUT2D eigenvalue weighted by atomic mass is 10.2. The van der Waals surface area contributed by atoms with Crippen LogP contribution in [-0.2, 0) is 14.8 Å². The summed E-state index contributed by atoms with van der Waals surface area (Å²) in [5.41, 5.74) is -0.576. The third kappa shape index (κ3) is 3.91. The molecule has 0 amide bonds. The fourth-order valence-electron chi connectivity index (χ4n) is 2.07. The summed E-state index contributed by atoms with van der Waals surface area (Å²) < 4.78 is 45.2. The van der Waals surface area contributed by atoms with E-state index in [-0.39, 0.29) is 18.4 Å². The number of methoxy groups -OCH3 is 1. The molecule has 0 radical (unpaired) electrons. The number of benzene rings is 1. The van der Waals surface area contributed by atoms with E-state index in [1.807, 2.05) is 0 Å². The fourth-order valence-corrected chi connectivity index (χ4v) is 3.54. The number of esters is 1. The van der Waals surface area contributed by atoms with Crippen LogP contribution in [0, 0.1) is 5.82 Å². The normalized spacial score (nSPS) is 18.1. The molecule has 1 aliphatic heterocycles. The lowest BCUT2D eigenvalue weighted by molar-refractivity contribution is 0.0590. The molecule has 1 atom stereocenters. The van der Waals surface area contributed by atoms with Gasteiger partial charge in [0.25, 0.3) is 0 Å². The van der Waals surface area contributed by atoms with Crippen LogP contribution in [0.4, 0.5) is 4.39 Å². The number of rotatable bonds is 4. The number of carbonyl (C=O) groups excluding carboxylic acids is 1. The average molecular weight is 339 g/mol. The van der Waals surface area contributed by atoms with Crippen molar-refractivity contribution >= 4 is 28.4 Å². The lowest BCUT2D eigenvalue weighted by Gasteiger charge is -2.14. The van der Waals surface area contributed by atoms with E-state index in [1.165, 1.54) is 12.1 Å². The van der Waals surface area contributed by atoms with Gasteiger partial charge in [0.05, 0.1) is 12.0 Å². The van der Waals surface area contributed by atoms with Crippen LogP contribution in [0.2, 0.25) is 0 Å². The molecule has 1 saturated heterocycles. The van der Waals surface area contributed by atoms with Crippen LogP contribution >= 0.6 is 12.4 Å². The number of hydrogen-bond donors (Lipinski definition) is 2. The molecule has 0 spiro atoms. The van der Waals surface area contributed by atoms with Crippen LogP contribution in [0.25, 0.3) is 0 Å². The summed E-state index contributed by atoms with van der Waals surface area (Å²) in [6.45, 7) is 1.21. The number of hydrogen-bond acceptors (Lipinski definition) is 5. The van der Waals surface area contributed by atoms with E-state index in [2.05, 4.69) is 14.8 Å². The molecule has 9 heteroatoms. The lowest BCUT2D eigenvalue weighted by Crippen LogP contribution is -2.37.